The van der Waals surface area contributed by atoms with E-state index >= 15 is 0 Å². The fourth-order valence-corrected chi connectivity index (χ4v) is 5.05. The Bertz CT molecular complexity index is 887. The van der Waals surface area contributed by atoms with Crippen LogP contribution < -0.4 is 0 Å². The van der Waals surface area contributed by atoms with Gasteiger partial charge >= 0.3 is 12.1 Å². The number of nitrogens with zero attached hydrogens (tertiary/aromatic N) is 3. The second-order valence-corrected chi connectivity index (χ2v) is 8.38. The molecule has 2 heterocycles. The van der Waals surface area contributed by atoms with Crippen LogP contribution in [-0.4, -0.2) is 64.0 Å². The summed E-state index contributed by atoms with van der Waals surface area (Å²) in [4.78, 5) is 31.3. The number of fused-ring (bicyclic) bond motifs is 2. The van der Waals surface area contributed by atoms with Gasteiger partial charge in [0.1, 0.15) is 17.2 Å². The first-order valence-electron chi connectivity index (χ1n) is 10.7. The maximum Gasteiger partial charge on any atom is 0.490 e. The molecular formula is C22H27F4N3O3. The molecule has 1 aromatic carbocycles. The minimum Gasteiger partial charge on any atom is -0.475 e. The standard InChI is InChI=1S/C20H26FN3O.C2HF3O2/c1-3-18-22-20(19(25)24(18)4-2)10-9-15-12-23(13-17(15)20)11-14-5-7-16(21)8-6-14;3-2(4,5)1(6)7/h5-8,15,17H,3-4,9-13H2,1-2H3;(H,6,7)/t15-,17+,20-;/m1./s1. The van der Waals surface area contributed by atoms with Gasteiger partial charge in [-0.2, -0.15) is 13.2 Å². The van der Waals surface area contributed by atoms with Crippen LogP contribution in [0, 0.1) is 17.7 Å². The van der Waals surface area contributed by atoms with E-state index in [1.165, 1.54) is 12.1 Å². The highest BCUT2D eigenvalue weighted by Gasteiger charge is 2.60. The summed E-state index contributed by atoms with van der Waals surface area (Å²) < 4.78 is 44.8. The number of hydrogen-bond donors (Lipinski definition) is 1. The Labute approximate surface area is 183 Å². The molecule has 1 N–H and O–H groups in total. The van der Waals surface area contributed by atoms with Crippen LogP contribution in [0.15, 0.2) is 29.3 Å². The second kappa shape index (κ2) is 9.17. The molecule has 4 rings (SSSR count). The molecule has 0 bridgehead atoms. The van der Waals surface area contributed by atoms with Crippen LogP contribution in [0.2, 0.25) is 0 Å². The summed E-state index contributed by atoms with van der Waals surface area (Å²) in [6.07, 6.45) is -2.29. The van der Waals surface area contributed by atoms with Crippen molar-refractivity contribution in [2.45, 2.75) is 51.4 Å². The highest BCUT2D eigenvalue weighted by atomic mass is 19.4. The molecule has 3 atom stereocenters. The highest BCUT2D eigenvalue weighted by Crippen LogP contribution is 2.50. The lowest BCUT2D eigenvalue weighted by atomic mass is 9.85. The fourth-order valence-electron chi connectivity index (χ4n) is 5.05. The molecule has 1 aliphatic carbocycles. The number of rotatable bonds is 4. The Kier molecular flexibility index (Phi) is 6.92. The van der Waals surface area contributed by atoms with Crippen molar-refractivity contribution in [3.05, 3.63) is 35.6 Å². The summed E-state index contributed by atoms with van der Waals surface area (Å²) in [6.45, 7) is 7.56. The number of amidine groups is 1. The van der Waals surface area contributed by atoms with Crippen LogP contribution in [0.1, 0.15) is 38.7 Å². The topological polar surface area (TPSA) is 73.2 Å². The lowest BCUT2D eigenvalue weighted by Crippen LogP contribution is -2.46. The van der Waals surface area contributed by atoms with E-state index in [0.29, 0.717) is 18.4 Å². The molecule has 176 valence electrons. The average molecular weight is 457 g/mol. The number of alkyl halides is 3. The van der Waals surface area contributed by atoms with Crippen molar-refractivity contribution in [3.8, 4) is 0 Å². The van der Waals surface area contributed by atoms with Crippen LogP contribution in [0.5, 0.6) is 0 Å². The molecule has 0 aromatic heterocycles. The normalized spacial score (nSPS) is 27.4. The van der Waals surface area contributed by atoms with Crippen molar-refractivity contribution >= 4 is 17.7 Å². The largest absolute Gasteiger partial charge is 0.490 e. The lowest BCUT2D eigenvalue weighted by Gasteiger charge is -2.28. The average Bonchev–Trinajstić information content (AvgIpc) is 3.37. The van der Waals surface area contributed by atoms with E-state index in [-0.39, 0.29) is 11.7 Å². The predicted molar refractivity (Wildman–Crippen MR) is 109 cm³/mol. The van der Waals surface area contributed by atoms with Crippen molar-refractivity contribution in [2.75, 3.05) is 19.6 Å². The molecule has 0 radical (unpaired) electrons. The molecule has 32 heavy (non-hydrogen) atoms. The van der Waals surface area contributed by atoms with Crippen molar-refractivity contribution in [1.29, 1.82) is 0 Å². The van der Waals surface area contributed by atoms with Gasteiger partial charge in [-0.05, 0) is 43.4 Å². The van der Waals surface area contributed by atoms with Crippen LogP contribution in [0.4, 0.5) is 17.6 Å². The zero-order valence-electron chi connectivity index (χ0n) is 18.0. The smallest absolute Gasteiger partial charge is 0.475 e. The number of carbonyl (C=O) groups is 2. The molecule has 6 nitrogen and oxygen atoms in total. The SMILES string of the molecule is CCC1=N[C@@]2(CC[C@@H]3CN(Cc4ccc(F)cc4)C[C@@H]32)C(=O)N1CC.O=C(O)C(F)(F)F. The van der Waals surface area contributed by atoms with Gasteiger partial charge in [0, 0.05) is 38.5 Å². The van der Waals surface area contributed by atoms with Gasteiger partial charge in [-0.3, -0.25) is 19.6 Å². The van der Waals surface area contributed by atoms with Crippen molar-refractivity contribution in [1.82, 2.24) is 9.80 Å². The van der Waals surface area contributed by atoms with Gasteiger partial charge in [-0.1, -0.05) is 19.1 Å². The van der Waals surface area contributed by atoms with E-state index in [1.807, 2.05) is 24.0 Å². The maximum absolute atomic E-state index is 13.1. The monoisotopic (exact) mass is 457 g/mol. The van der Waals surface area contributed by atoms with Gasteiger partial charge in [0.15, 0.2) is 0 Å². The number of carboxylic acids is 1. The van der Waals surface area contributed by atoms with Crippen LogP contribution in [0.25, 0.3) is 0 Å². The summed E-state index contributed by atoms with van der Waals surface area (Å²) >= 11 is 0. The minimum atomic E-state index is -5.08. The van der Waals surface area contributed by atoms with E-state index in [9.17, 15) is 22.4 Å². The van der Waals surface area contributed by atoms with Crippen molar-refractivity contribution in [2.24, 2.45) is 16.8 Å². The van der Waals surface area contributed by atoms with Crippen LogP contribution >= 0.6 is 0 Å². The number of amides is 1. The molecule has 1 saturated heterocycles. The first kappa shape index (κ1) is 24.2. The van der Waals surface area contributed by atoms with Gasteiger partial charge < -0.3 is 5.11 Å². The quantitative estimate of drug-likeness (QED) is 0.700. The highest BCUT2D eigenvalue weighted by molar-refractivity contribution is 6.08. The van der Waals surface area contributed by atoms with Crippen molar-refractivity contribution in [3.63, 3.8) is 0 Å². The molecule has 1 spiro atoms. The Hall–Kier alpha value is -2.49. The summed E-state index contributed by atoms with van der Waals surface area (Å²) in [6, 6.07) is 6.74. The van der Waals surface area contributed by atoms with E-state index < -0.39 is 17.7 Å². The molecule has 2 aliphatic heterocycles. The third-order valence-corrected chi connectivity index (χ3v) is 6.48. The Morgan fingerprint density at radius 2 is 1.84 bits per heavy atom. The Morgan fingerprint density at radius 3 is 2.34 bits per heavy atom. The predicted octanol–water partition coefficient (Wildman–Crippen LogP) is 3.71. The number of likely N-dealkylation sites (tertiary alicyclic amines) is 1. The van der Waals surface area contributed by atoms with Gasteiger partial charge in [0.2, 0.25) is 0 Å². The summed E-state index contributed by atoms with van der Waals surface area (Å²) in [5, 5.41) is 7.12. The van der Waals surface area contributed by atoms with Gasteiger partial charge in [0.25, 0.3) is 5.91 Å². The molecule has 2 fully saturated rings. The molecule has 0 unspecified atom stereocenters. The van der Waals surface area contributed by atoms with Gasteiger partial charge in [-0.15, -0.1) is 0 Å². The maximum atomic E-state index is 13.1. The summed E-state index contributed by atoms with van der Waals surface area (Å²) in [7, 11) is 0. The van der Waals surface area contributed by atoms with Crippen LogP contribution in [-0.2, 0) is 16.1 Å². The molecular weight excluding hydrogens is 430 g/mol. The number of carbonyl (C=O) groups excluding carboxylic acids is 1. The summed E-state index contributed by atoms with van der Waals surface area (Å²) in [5.41, 5.74) is 0.616. The summed E-state index contributed by atoms with van der Waals surface area (Å²) in [5.74, 6) is -0.902. The molecule has 10 heteroatoms. The number of aliphatic imine (C=N–C) groups is 1. The number of carboxylic acid groups (broad SMARTS) is 1. The number of aliphatic carboxylic acids is 1. The fraction of sp³-hybridized carbons (Fsp3) is 0.591. The minimum absolute atomic E-state index is 0.196. The van der Waals surface area contributed by atoms with Gasteiger partial charge in [-0.25, -0.2) is 9.18 Å². The van der Waals surface area contributed by atoms with E-state index in [2.05, 4.69) is 11.8 Å². The first-order valence-corrected chi connectivity index (χ1v) is 10.7. The van der Waals surface area contributed by atoms with E-state index in [1.54, 1.807) is 0 Å². The number of halogens is 4. The zero-order chi connectivity index (χ0) is 23.7. The Morgan fingerprint density at radius 1 is 1.22 bits per heavy atom. The number of benzene rings is 1. The Balaban J connectivity index is 0.000000360. The molecule has 3 aliphatic rings. The third-order valence-electron chi connectivity index (χ3n) is 6.48. The lowest BCUT2D eigenvalue weighted by molar-refractivity contribution is -0.192. The first-order chi connectivity index (χ1) is 15.0. The second-order valence-electron chi connectivity index (χ2n) is 8.38. The van der Waals surface area contributed by atoms with Crippen molar-refractivity contribution < 1.29 is 32.3 Å². The van der Waals surface area contributed by atoms with Gasteiger partial charge in [0.05, 0.1) is 0 Å². The van der Waals surface area contributed by atoms with E-state index in [0.717, 1.165) is 50.3 Å². The molecule has 1 saturated carbocycles. The number of hydrogen-bond acceptors (Lipinski definition) is 4. The molecule has 1 amide bonds. The zero-order valence-corrected chi connectivity index (χ0v) is 18.0. The molecule has 1 aromatic rings. The van der Waals surface area contributed by atoms with E-state index in [4.69, 9.17) is 14.9 Å². The third kappa shape index (κ3) is 4.65. The van der Waals surface area contributed by atoms with Crippen LogP contribution in [0.3, 0.4) is 0 Å². The number of likely N-dealkylation sites (N-methyl/N-ethyl adjacent to an activating group) is 1.